The average Bonchev–Trinajstić information content (AvgIpc) is 3.69. The van der Waals surface area contributed by atoms with Gasteiger partial charge >= 0.3 is 0 Å². The Balaban J connectivity index is 1.40. The van der Waals surface area contributed by atoms with Crippen molar-refractivity contribution < 1.29 is 14.3 Å². The molecular formula is C35H46N6O3. The van der Waals surface area contributed by atoms with Crippen molar-refractivity contribution in [2.45, 2.75) is 59.2 Å². The highest BCUT2D eigenvalue weighted by Gasteiger charge is 2.19. The molecule has 9 heteroatoms. The van der Waals surface area contributed by atoms with Crippen LogP contribution >= 0.6 is 0 Å². The molecule has 1 aliphatic rings. The summed E-state index contributed by atoms with van der Waals surface area (Å²) in [6, 6.07) is 12.2. The lowest BCUT2D eigenvalue weighted by atomic mass is 9.95. The Morgan fingerprint density at radius 3 is 2.39 bits per heavy atom. The fourth-order valence-corrected chi connectivity index (χ4v) is 5.45. The molecule has 0 unspecified atom stereocenters. The SMILES string of the molecule is Cc1ccc(OCCN(C)C)cc1C(=O)N[C@H](C)c1cc(-c2cnn(CC3CCOCC3)c2)cc(-c2cnn(C(C)C)c2)c1. The second-order valence-electron chi connectivity index (χ2n) is 12.5. The van der Waals surface area contributed by atoms with E-state index in [1.165, 1.54) is 0 Å². The molecule has 234 valence electrons. The summed E-state index contributed by atoms with van der Waals surface area (Å²) < 4.78 is 15.5. The zero-order valence-electron chi connectivity index (χ0n) is 26.9. The van der Waals surface area contributed by atoms with E-state index in [0.717, 1.165) is 72.5 Å². The molecule has 1 atom stereocenters. The van der Waals surface area contributed by atoms with Crippen molar-refractivity contribution in [3.05, 3.63) is 77.9 Å². The Bertz CT molecular complexity index is 1550. The standard InChI is InChI=1S/C35H46N6O3/c1-24(2)41-23-32(20-37-41)30-16-28(15-29(17-30)31-19-36-40(22-31)21-27-9-12-43-13-10-27)26(4)38-35(42)34-18-33(8-7-25(34)3)44-14-11-39(5)6/h7-8,15-20,22-24,26-27H,9-14,21H2,1-6H3,(H,38,42)/t26-/m1/s1. The Hall–Kier alpha value is -3.95. The number of carbonyl (C=O) groups excluding carboxylic acids is 1. The van der Waals surface area contributed by atoms with Gasteiger partial charge in [-0.25, -0.2) is 0 Å². The molecule has 5 rings (SSSR count). The van der Waals surface area contributed by atoms with Gasteiger partial charge in [0.1, 0.15) is 12.4 Å². The van der Waals surface area contributed by atoms with E-state index >= 15 is 0 Å². The van der Waals surface area contributed by atoms with Crippen LogP contribution in [-0.4, -0.2) is 70.8 Å². The largest absolute Gasteiger partial charge is 0.492 e. The van der Waals surface area contributed by atoms with Gasteiger partial charge in [-0.2, -0.15) is 10.2 Å². The van der Waals surface area contributed by atoms with E-state index < -0.39 is 0 Å². The number of carbonyl (C=O) groups is 1. The summed E-state index contributed by atoms with van der Waals surface area (Å²) in [6.07, 6.45) is 10.2. The molecule has 9 nitrogen and oxygen atoms in total. The molecule has 1 N–H and O–H groups in total. The molecule has 1 aliphatic heterocycles. The van der Waals surface area contributed by atoms with Gasteiger partial charge in [-0.1, -0.05) is 6.07 Å². The third-order valence-electron chi connectivity index (χ3n) is 8.28. The van der Waals surface area contributed by atoms with Gasteiger partial charge in [-0.15, -0.1) is 0 Å². The molecule has 2 aromatic heterocycles. The topological polar surface area (TPSA) is 86.4 Å². The fourth-order valence-electron chi connectivity index (χ4n) is 5.45. The summed E-state index contributed by atoms with van der Waals surface area (Å²) in [5.41, 5.74) is 6.72. The van der Waals surface area contributed by atoms with Crippen molar-refractivity contribution in [1.29, 1.82) is 0 Å². The van der Waals surface area contributed by atoms with Gasteiger partial charge in [0.05, 0.1) is 18.4 Å². The van der Waals surface area contributed by atoms with Gasteiger partial charge in [0.15, 0.2) is 0 Å². The minimum absolute atomic E-state index is 0.128. The quantitative estimate of drug-likeness (QED) is 0.210. The van der Waals surface area contributed by atoms with Gasteiger partial charge in [0.2, 0.25) is 0 Å². The highest BCUT2D eigenvalue weighted by atomic mass is 16.5. The Morgan fingerprint density at radius 2 is 1.70 bits per heavy atom. The van der Waals surface area contributed by atoms with Crippen molar-refractivity contribution in [1.82, 2.24) is 29.8 Å². The first-order valence-corrected chi connectivity index (χ1v) is 15.7. The van der Waals surface area contributed by atoms with Crippen molar-refractivity contribution in [2.24, 2.45) is 5.92 Å². The van der Waals surface area contributed by atoms with Gasteiger partial charge < -0.3 is 19.7 Å². The predicted molar refractivity (Wildman–Crippen MR) is 174 cm³/mol. The Morgan fingerprint density at radius 1 is 1.00 bits per heavy atom. The maximum atomic E-state index is 13.6. The minimum atomic E-state index is -0.239. The zero-order valence-corrected chi connectivity index (χ0v) is 26.9. The molecule has 44 heavy (non-hydrogen) atoms. The molecule has 0 radical (unpaired) electrons. The molecule has 0 bridgehead atoms. The van der Waals surface area contributed by atoms with Crippen LogP contribution < -0.4 is 10.1 Å². The number of nitrogens with one attached hydrogen (secondary N) is 1. The maximum absolute atomic E-state index is 13.6. The third-order valence-corrected chi connectivity index (χ3v) is 8.28. The first-order valence-electron chi connectivity index (χ1n) is 15.7. The van der Waals surface area contributed by atoms with Crippen LogP contribution in [0.5, 0.6) is 5.75 Å². The predicted octanol–water partition coefficient (Wildman–Crippen LogP) is 6.16. The van der Waals surface area contributed by atoms with Crippen molar-refractivity contribution in [3.63, 3.8) is 0 Å². The normalized spacial score (nSPS) is 14.7. The number of nitrogens with zero attached hydrogens (tertiary/aromatic N) is 5. The molecule has 0 aliphatic carbocycles. The van der Waals surface area contributed by atoms with E-state index in [0.29, 0.717) is 23.8 Å². The van der Waals surface area contributed by atoms with Crippen LogP contribution in [0.1, 0.15) is 67.2 Å². The van der Waals surface area contributed by atoms with Gasteiger partial charge in [0.25, 0.3) is 5.91 Å². The summed E-state index contributed by atoms with van der Waals surface area (Å²) in [4.78, 5) is 15.6. The van der Waals surface area contributed by atoms with Gasteiger partial charge in [0, 0.05) is 61.4 Å². The smallest absolute Gasteiger partial charge is 0.252 e. The molecule has 0 saturated carbocycles. The van der Waals surface area contributed by atoms with Crippen LogP contribution in [-0.2, 0) is 11.3 Å². The van der Waals surface area contributed by atoms with Crippen LogP contribution in [0.3, 0.4) is 0 Å². The molecule has 3 heterocycles. The number of hydrogen-bond donors (Lipinski definition) is 1. The second-order valence-corrected chi connectivity index (χ2v) is 12.5. The van der Waals surface area contributed by atoms with Gasteiger partial charge in [-0.05, 0) is 113 Å². The Labute approximate surface area is 261 Å². The van der Waals surface area contributed by atoms with Crippen molar-refractivity contribution in [3.8, 4) is 28.0 Å². The van der Waals surface area contributed by atoms with Crippen molar-refractivity contribution in [2.75, 3.05) is 40.5 Å². The number of rotatable bonds is 12. The monoisotopic (exact) mass is 598 g/mol. The summed E-state index contributed by atoms with van der Waals surface area (Å²) >= 11 is 0. The van der Waals surface area contributed by atoms with E-state index in [9.17, 15) is 4.79 Å². The molecule has 2 aromatic carbocycles. The average molecular weight is 599 g/mol. The summed E-state index contributed by atoms with van der Waals surface area (Å²) in [7, 11) is 4.02. The minimum Gasteiger partial charge on any atom is -0.492 e. The molecule has 4 aromatic rings. The highest BCUT2D eigenvalue weighted by molar-refractivity contribution is 5.96. The van der Waals surface area contributed by atoms with Gasteiger partial charge in [-0.3, -0.25) is 14.2 Å². The zero-order chi connectivity index (χ0) is 31.2. The first kappa shape index (κ1) is 31.5. The number of likely N-dealkylation sites (N-methyl/N-ethyl adjacent to an activating group) is 1. The number of aromatic nitrogens is 4. The molecule has 0 spiro atoms. The van der Waals surface area contributed by atoms with E-state index in [4.69, 9.17) is 14.6 Å². The summed E-state index contributed by atoms with van der Waals surface area (Å²) in [6.45, 7) is 12.1. The number of benzene rings is 2. The van der Waals surface area contributed by atoms with Crippen LogP contribution in [0.2, 0.25) is 0 Å². The molecule has 1 fully saturated rings. The highest BCUT2D eigenvalue weighted by Crippen LogP contribution is 2.31. The fraction of sp³-hybridized carbons (Fsp3) is 0.457. The maximum Gasteiger partial charge on any atom is 0.252 e. The molecule has 1 saturated heterocycles. The summed E-state index contributed by atoms with van der Waals surface area (Å²) in [5, 5.41) is 12.5. The second kappa shape index (κ2) is 14.2. The van der Waals surface area contributed by atoms with Crippen LogP contribution in [0.4, 0.5) is 0 Å². The lowest BCUT2D eigenvalue weighted by molar-refractivity contribution is 0.0601. The lowest BCUT2D eigenvalue weighted by Gasteiger charge is -2.21. The number of amides is 1. The number of hydrogen-bond acceptors (Lipinski definition) is 6. The van der Waals surface area contributed by atoms with E-state index in [-0.39, 0.29) is 18.0 Å². The third kappa shape index (κ3) is 7.95. The van der Waals surface area contributed by atoms with Crippen LogP contribution in [0.15, 0.2) is 61.2 Å². The Kier molecular flexibility index (Phi) is 10.2. The van der Waals surface area contributed by atoms with Crippen LogP contribution in [0, 0.1) is 12.8 Å². The summed E-state index contributed by atoms with van der Waals surface area (Å²) in [5.74, 6) is 1.15. The molecule has 1 amide bonds. The van der Waals surface area contributed by atoms with E-state index in [1.807, 2.05) is 63.2 Å². The van der Waals surface area contributed by atoms with E-state index in [1.54, 1.807) is 0 Å². The van der Waals surface area contributed by atoms with Crippen molar-refractivity contribution >= 4 is 5.91 Å². The molecular weight excluding hydrogens is 552 g/mol. The number of ether oxygens (including phenoxy) is 2. The lowest BCUT2D eigenvalue weighted by Crippen LogP contribution is -2.27. The number of aryl methyl sites for hydroxylation is 1. The first-order chi connectivity index (χ1) is 21.2. The van der Waals surface area contributed by atoms with E-state index in [2.05, 4.69) is 64.4 Å². The van der Waals surface area contributed by atoms with Crippen LogP contribution in [0.25, 0.3) is 22.3 Å².